The molecule has 112 valence electrons. The highest BCUT2D eigenvalue weighted by Gasteiger charge is 2.51. The lowest BCUT2D eigenvalue weighted by Crippen LogP contribution is -2.41. The number of carbonyl (C=O) groups is 2. The van der Waals surface area contributed by atoms with Crippen molar-refractivity contribution in [1.29, 1.82) is 0 Å². The SMILES string of the molecule is Cc1cnc(C(C)NC(=O)C2C3C=CC(C3)C2C(=O)O)o1. The average molecular weight is 290 g/mol. The Morgan fingerprint density at radius 2 is 2.05 bits per heavy atom. The number of hydrogen-bond donors (Lipinski definition) is 2. The van der Waals surface area contributed by atoms with Gasteiger partial charge in [-0.15, -0.1) is 0 Å². The number of allylic oxidation sites excluding steroid dienone is 2. The zero-order valence-electron chi connectivity index (χ0n) is 11.9. The topological polar surface area (TPSA) is 92.4 Å². The number of rotatable bonds is 4. The van der Waals surface area contributed by atoms with E-state index in [1.165, 1.54) is 0 Å². The minimum atomic E-state index is -0.897. The van der Waals surface area contributed by atoms with Gasteiger partial charge in [0, 0.05) is 0 Å². The summed E-state index contributed by atoms with van der Waals surface area (Å²) in [5.41, 5.74) is 0. The Balaban J connectivity index is 1.73. The summed E-state index contributed by atoms with van der Waals surface area (Å²) in [5, 5.41) is 12.2. The van der Waals surface area contributed by atoms with Crippen molar-refractivity contribution < 1.29 is 19.1 Å². The molecule has 1 aromatic rings. The maximum Gasteiger partial charge on any atom is 0.307 e. The molecule has 0 spiro atoms. The number of aryl methyl sites for hydroxylation is 1. The van der Waals surface area contributed by atoms with Crippen molar-refractivity contribution in [1.82, 2.24) is 10.3 Å². The minimum Gasteiger partial charge on any atom is -0.481 e. The molecule has 0 aromatic carbocycles. The molecule has 1 amide bonds. The second kappa shape index (κ2) is 5.02. The van der Waals surface area contributed by atoms with Crippen molar-refractivity contribution in [2.75, 3.05) is 0 Å². The zero-order chi connectivity index (χ0) is 15.1. The first-order valence-electron chi connectivity index (χ1n) is 7.11. The normalized spacial score (nSPS) is 31.3. The number of nitrogens with one attached hydrogen (secondary N) is 1. The molecular weight excluding hydrogens is 272 g/mol. The number of aromatic nitrogens is 1. The Kier molecular flexibility index (Phi) is 3.31. The van der Waals surface area contributed by atoms with Gasteiger partial charge in [0.05, 0.1) is 18.0 Å². The number of amides is 1. The highest BCUT2D eigenvalue weighted by atomic mass is 16.4. The zero-order valence-corrected chi connectivity index (χ0v) is 11.9. The average Bonchev–Trinajstić information content (AvgIpc) is 3.12. The molecule has 1 aromatic heterocycles. The van der Waals surface area contributed by atoms with Crippen LogP contribution in [0.25, 0.3) is 0 Å². The summed E-state index contributed by atoms with van der Waals surface area (Å²) < 4.78 is 5.39. The van der Waals surface area contributed by atoms with Crippen LogP contribution in [-0.4, -0.2) is 22.0 Å². The molecule has 1 saturated carbocycles. The van der Waals surface area contributed by atoms with E-state index in [2.05, 4.69) is 10.3 Å². The molecule has 21 heavy (non-hydrogen) atoms. The lowest BCUT2D eigenvalue weighted by Gasteiger charge is -2.25. The van der Waals surface area contributed by atoms with Gasteiger partial charge in [0.1, 0.15) is 11.8 Å². The lowest BCUT2D eigenvalue weighted by molar-refractivity contribution is -0.148. The highest BCUT2D eigenvalue weighted by Crippen LogP contribution is 2.48. The van der Waals surface area contributed by atoms with E-state index >= 15 is 0 Å². The van der Waals surface area contributed by atoms with Crippen molar-refractivity contribution in [2.45, 2.75) is 26.3 Å². The smallest absolute Gasteiger partial charge is 0.307 e. The van der Waals surface area contributed by atoms with Crippen molar-refractivity contribution in [3.05, 3.63) is 30.0 Å². The van der Waals surface area contributed by atoms with Crippen LogP contribution in [0.1, 0.15) is 31.0 Å². The van der Waals surface area contributed by atoms with Gasteiger partial charge >= 0.3 is 5.97 Å². The predicted molar refractivity (Wildman–Crippen MR) is 73.2 cm³/mol. The quantitative estimate of drug-likeness (QED) is 0.823. The number of oxazole rings is 1. The van der Waals surface area contributed by atoms with E-state index < -0.39 is 17.8 Å². The van der Waals surface area contributed by atoms with Crippen LogP contribution < -0.4 is 5.32 Å². The molecule has 2 aliphatic carbocycles. The van der Waals surface area contributed by atoms with Crippen LogP contribution in [0.5, 0.6) is 0 Å². The number of nitrogens with zero attached hydrogens (tertiary/aromatic N) is 1. The van der Waals surface area contributed by atoms with E-state index in [0.717, 1.165) is 6.42 Å². The maximum atomic E-state index is 12.5. The summed E-state index contributed by atoms with van der Waals surface area (Å²) in [5.74, 6) is -1.15. The fourth-order valence-corrected chi connectivity index (χ4v) is 3.46. The summed E-state index contributed by atoms with van der Waals surface area (Å²) in [6.07, 6.45) is 6.24. The third kappa shape index (κ3) is 2.34. The van der Waals surface area contributed by atoms with E-state index in [1.807, 2.05) is 12.2 Å². The van der Waals surface area contributed by atoms with Crippen molar-refractivity contribution in [2.24, 2.45) is 23.7 Å². The van der Waals surface area contributed by atoms with Gasteiger partial charge in [0.2, 0.25) is 11.8 Å². The van der Waals surface area contributed by atoms with Crippen molar-refractivity contribution in [3.8, 4) is 0 Å². The van der Waals surface area contributed by atoms with Gasteiger partial charge in [-0.05, 0) is 32.1 Å². The molecule has 1 heterocycles. The van der Waals surface area contributed by atoms with Crippen LogP contribution in [0.15, 0.2) is 22.8 Å². The van der Waals surface area contributed by atoms with Gasteiger partial charge in [0.25, 0.3) is 0 Å². The van der Waals surface area contributed by atoms with Crippen LogP contribution in [0.4, 0.5) is 0 Å². The molecule has 6 nitrogen and oxygen atoms in total. The van der Waals surface area contributed by atoms with E-state index in [0.29, 0.717) is 11.7 Å². The minimum absolute atomic E-state index is 0.0228. The van der Waals surface area contributed by atoms with Gasteiger partial charge in [0.15, 0.2) is 0 Å². The Morgan fingerprint density at radius 3 is 2.62 bits per heavy atom. The van der Waals surface area contributed by atoms with Gasteiger partial charge in [-0.1, -0.05) is 12.2 Å². The molecule has 1 fully saturated rings. The fraction of sp³-hybridized carbons (Fsp3) is 0.533. The third-order valence-corrected chi connectivity index (χ3v) is 4.42. The van der Waals surface area contributed by atoms with Crippen LogP contribution in [-0.2, 0) is 9.59 Å². The maximum absolute atomic E-state index is 12.5. The monoisotopic (exact) mass is 290 g/mol. The first kappa shape index (κ1) is 13.9. The molecule has 2 N–H and O–H groups in total. The molecule has 5 atom stereocenters. The molecular formula is C15H18N2O4. The number of carboxylic acid groups (broad SMARTS) is 1. The van der Waals surface area contributed by atoms with Gasteiger partial charge < -0.3 is 14.8 Å². The molecule has 2 bridgehead atoms. The van der Waals surface area contributed by atoms with Crippen LogP contribution >= 0.6 is 0 Å². The van der Waals surface area contributed by atoms with Crippen molar-refractivity contribution >= 4 is 11.9 Å². The Bertz CT molecular complexity index is 607. The Morgan fingerprint density at radius 1 is 1.38 bits per heavy atom. The summed E-state index contributed by atoms with van der Waals surface area (Å²) in [6.45, 7) is 3.56. The number of aliphatic carboxylic acids is 1. The van der Waals surface area contributed by atoms with Gasteiger partial charge in [-0.25, -0.2) is 4.98 Å². The summed E-state index contributed by atoms with van der Waals surface area (Å²) in [6, 6.07) is -0.372. The van der Waals surface area contributed by atoms with Crippen LogP contribution in [0.2, 0.25) is 0 Å². The molecule has 5 unspecified atom stereocenters. The number of hydrogen-bond acceptors (Lipinski definition) is 4. The molecule has 0 radical (unpaired) electrons. The molecule has 6 heteroatoms. The second-order valence-electron chi connectivity index (χ2n) is 5.88. The van der Waals surface area contributed by atoms with E-state index in [1.54, 1.807) is 20.0 Å². The second-order valence-corrected chi connectivity index (χ2v) is 5.88. The highest BCUT2D eigenvalue weighted by molar-refractivity contribution is 5.87. The van der Waals surface area contributed by atoms with Crippen LogP contribution in [0.3, 0.4) is 0 Å². The largest absolute Gasteiger partial charge is 0.481 e. The predicted octanol–water partition coefficient (Wildman–Crippen LogP) is 1.68. The lowest BCUT2D eigenvalue weighted by atomic mass is 9.82. The third-order valence-electron chi connectivity index (χ3n) is 4.42. The van der Waals surface area contributed by atoms with Crippen molar-refractivity contribution in [3.63, 3.8) is 0 Å². The fourth-order valence-electron chi connectivity index (χ4n) is 3.46. The van der Waals surface area contributed by atoms with E-state index in [-0.39, 0.29) is 23.8 Å². The van der Waals surface area contributed by atoms with Crippen LogP contribution in [0, 0.1) is 30.6 Å². The molecule has 0 saturated heterocycles. The standard InChI is InChI=1S/C15H18N2O4/c1-7-6-16-14(21-7)8(2)17-13(18)11-9-3-4-10(5-9)12(11)15(19)20/h3-4,6,8-12H,5H2,1-2H3,(H,17,18)(H,19,20). The van der Waals surface area contributed by atoms with Gasteiger partial charge in [-0.3, -0.25) is 9.59 Å². The molecule has 3 rings (SSSR count). The number of fused-ring (bicyclic) bond motifs is 2. The molecule has 2 aliphatic rings. The summed E-state index contributed by atoms with van der Waals surface area (Å²) in [4.78, 5) is 28.0. The number of carbonyl (C=O) groups excluding carboxylic acids is 1. The summed E-state index contributed by atoms with van der Waals surface area (Å²) in [7, 11) is 0. The first-order valence-corrected chi connectivity index (χ1v) is 7.11. The Hall–Kier alpha value is -2.11. The summed E-state index contributed by atoms with van der Waals surface area (Å²) >= 11 is 0. The Labute approximate surface area is 122 Å². The first-order chi connectivity index (χ1) is 9.97. The van der Waals surface area contributed by atoms with Gasteiger partial charge in [-0.2, -0.15) is 0 Å². The van der Waals surface area contributed by atoms with E-state index in [4.69, 9.17) is 4.42 Å². The number of carboxylic acids is 1. The van der Waals surface area contributed by atoms with E-state index in [9.17, 15) is 14.7 Å². The molecule has 0 aliphatic heterocycles.